The van der Waals surface area contributed by atoms with E-state index < -0.39 is 17.4 Å². The van der Waals surface area contributed by atoms with Crippen molar-refractivity contribution in [2.45, 2.75) is 26.4 Å². The molecule has 0 bridgehead atoms. The number of fused-ring (bicyclic) bond motifs is 1. The molecule has 6 heteroatoms. The number of H-pyrrole nitrogens is 1. The Bertz CT molecular complexity index is 931. The predicted molar refractivity (Wildman–Crippen MR) is 88.6 cm³/mol. The van der Waals surface area contributed by atoms with Crippen molar-refractivity contribution < 1.29 is 19.0 Å². The number of ether oxygens (including phenoxy) is 1. The summed E-state index contributed by atoms with van der Waals surface area (Å²) in [6.07, 6.45) is 0. The molecule has 0 amide bonds. The number of halogens is 1. The number of carboxylic acids is 1. The third kappa shape index (κ3) is 2.95. The molecule has 0 saturated carbocycles. The molecule has 3 rings (SSSR count). The van der Waals surface area contributed by atoms with Crippen LogP contribution in [0.1, 0.15) is 19.4 Å². The van der Waals surface area contributed by atoms with Gasteiger partial charge in [-0.2, -0.15) is 0 Å². The lowest BCUT2D eigenvalue weighted by molar-refractivity contribution is -0.152. The maximum absolute atomic E-state index is 14.3. The quantitative estimate of drug-likeness (QED) is 0.761. The van der Waals surface area contributed by atoms with E-state index >= 15 is 0 Å². The average Bonchev–Trinajstić information content (AvgIpc) is 2.92. The molecule has 124 valence electrons. The lowest BCUT2D eigenvalue weighted by atomic mass is 10.1. The number of rotatable bonds is 4. The highest BCUT2D eigenvalue weighted by Crippen LogP contribution is 2.28. The molecule has 0 spiro atoms. The predicted octanol–water partition coefficient (Wildman–Crippen LogP) is 3.92. The normalized spacial score (nSPS) is 11.7. The van der Waals surface area contributed by atoms with E-state index in [1.54, 1.807) is 6.07 Å². The van der Waals surface area contributed by atoms with Gasteiger partial charge in [0.1, 0.15) is 5.82 Å². The zero-order valence-corrected chi connectivity index (χ0v) is 13.6. The molecule has 3 aromatic rings. The summed E-state index contributed by atoms with van der Waals surface area (Å²) in [5, 5.41) is 9.07. The highest BCUT2D eigenvalue weighted by molar-refractivity contribution is 5.80. The molecule has 2 N–H and O–H groups in total. The zero-order chi connectivity index (χ0) is 17.5. The van der Waals surface area contributed by atoms with Gasteiger partial charge in [-0.15, -0.1) is 0 Å². The Kier molecular flexibility index (Phi) is 3.75. The summed E-state index contributed by atoms with van der Waals surface area (Å²) >= 11 is 0. The number of imidazole rings is 1. The van der Waals surface area contributed by atoms with Crippen molar-refractivity contribution in [1.29, 1.82) is 0 Å². The number of aliphatic carboxylic acids is 1. The minimum absolute atomic E-state index is 0.113. The topological polar surface area (TPSA) is 75.2 Å². The first-order valence-corrected chi connectivity index (χ1v) is 7.45. The lowest BCUT2D eigenvalue weighted by Crippen LogP contribution is -2.38. The summed E-state index contributed by atoms with van der Waals surface area (Å²) < 4.78 is 19.5. The second kappa shape index (κ2) is 5.63. The molecule has 24 heavy (non-hydrogen) atoms. The summed E-state index contributed by atoms with van der Waals surface area (Å²) in [6.45, 7) is 4.71. The van der Waals surface area contributed by atoms with E-state index in [1.807, 2.05) is 25.1 Å². The van der Waals surface area contributed by atoms with E-state index in [0.717, 1.165) is 16.6 Å². The smallest absolute Gasteiger partial charge is 0.347 e. The van der Waals surface area contributed by atoms with Gasteiger partial charge in [0.25, 0.3) is 0 Å². The van der Waals surface area contributed by atoms with Gasteiger partial charge >= 0.3 is 5.97 Å². The number of aromatic amines is 1. The standard InChI is InChI=1S/C18H17FN2O3/c1-10-4-6-13-14(8-10)21-16(20-13)11-5-7-15(12(19)9-11)24-18(2,3)17(22)23/h4-9H,1-3H3,(H,20,21)(H,22,23). The minimum Gasteiger partial charge on any atom is -0.478 e. The van der Waals surface area contributed by atoms with Crippen molar-refractivity contribution in [3.05, 3.63) is 47.8 Å². The maximum atomic E-state index is 14.3. The summed E-state index contributed by atoms with van der Waals surface area (Å²) in [5.74, 6) is -1.38. The van der Waals surface area contributed by atoms with Gasteiger partial charge < -0.3 is 14.8 Å². The van der Waals surface area contributed by atoms with Crippen LogP contribution in [0.25, 0.3) is 22.4 Å². The highest BCUT2D eigenvalue weighted by atomic mass is 19.1. The SMILES string of the molecule is Cc1ccc2nc(-c3ccc(OC(C)(C)C(=O)O)c(F)c3)[nH]c2c1. The van der Waals surface area contributed by atoms with E-state index in [1.165, 1.54) is 26.0 Å². The van der Waals surface area contributed by atoms with Crippen molar-refractivity contribution >= 4 is 17.0 Å². The van der Waals surface area contributed by atoms with Crippen LogP contribution >= 0.6 is 0 Å². The molecule has 0 aliphatic heterocycles. The molecular formula is C18H17FN2O3. The van der Waals surface area contributed by atoms with Gasteiger partial charge in [0, 0.05) is 5.56 Å². The lowest BCUT2D eigenvalue weighted by Gasteiger charge is -2.21. The van der Waals surface area contributed by atoms with Gasteiger partial charge in [-0.05, 0) is 56.7 Å². The Hall–Kier alpha value is -2.89. The Morgan fingerprint density at radius 1 is 1.25 bits per heavy atom. The first kappa shape index (κ1) is 16.0. The van der Waals surface area contributed by atoms with Crippen LogP contribution in [-0.4, -0.2) is 26.6 Å². The Morgan fingerprint density at radius 2 is 2.00 bits per heavy atom. The summed E-state index contributed by atoms with van der Waals surface area (Å²) in [6, 6.07) is 10.1. The van der Waals surface area contributed by atoms with E-state index in [0.29, 0.717) is 11.4 Å². The Morgan fingerprint density at radius 3 is 2.67 bits per heavy atom. The van der Waals surface area contributed by atoms with Crippen molar-refractivity contribution in [3.8, 4) is 17.1 Å². The third-order valence-electron chi connectivity index (χ3n) is 3.72. The van der Waals surface area contributed by atoms with Crippen LogP contribution in [-0.2, 0) is 4.79 Å². The molecule has 0 atom stereocenters. The molecule has 1 heterocycles. The minimum atomic E-state index is -1.51. The molecule has 0 saturated heterocycles. The van der Waals surface area contributed by atoms with Crippen LogP contribution < -0.4 is 4.74 Å². The van der Waals surface area contributed by atoms with E-state index in [4.69, 9.17) is 9.84 Å². The zero-order valence-electron chi connectivity index (χ0n) is 13.6. The first-order chi connectivity index (χ1) is 11.3. The van der Waals surface area contributed by atoms with Gasteiger partial charge in [0.15, 0.2) is 17.2 Å². The summed E-state index contributed by atoms with van der Waals surface area (Å²) in [4.78, 5) is 18.7. The average molecular weight is 328 g/mol. The number of carboxylic acid groups (broad SMARTS) is 1. The van der Waals surface area contributed by atoms with Crippen molar-refractivity contribution in [2.75, 3.05) is 0 Å². The molecular weight excluding hydrogens is 311 g/mol. The first-order valence-electron chi connectivity index (χ1n) is 7.45. The van der Waals surface area contributed by atoms with E-state index in [2.05, 4.69) is 9.97 Å². The summed E-state index contributed by atoms with van der Waals surface area (Å²) in [5.41, 5.74) is 1.81. The molecule has 0 aliphatic rings. The molecule has 0 aliphatic carbocycles. The Labute approximate surface area is 138 Å². The number of aryl methyl sites for hydroxylation is 1. The monoisotopic (exact) mass is 328 g/mol. The van der Waals surface area contributed by atoms with Crippen LogP contribution in [0, 0.1) is 12.7 Å². The Balaban J connectivity index is 1.95. The molecule has 1 aromatic heterocycles. The fourth-order valence-electron chi connectivity index (χ4n) is 2.31. The van der Waals surface area contributed by atoms with E-state index in [-0.39, 0.29) is 5.75 Å². The summed E-state index contributed by atoms with van der Waals surface area (Å²) in [7, 11) is 0. The molecule has 2 aromatic carbocycles. The third-order valence-corrected chi connectivity index (χ3v) is 3.72. The van der Waals surface area contributed by atoms with Gasteiger partial charge in [0.2, 0.25) is 0 Å². The number of nitrogens with zero attached hydrogens (tertiary/aromatic N) is 1. The number of benzene rings is 2. The van der Waals surface area contributed by atoms with Crippen LogP contribution in [0.4, 0.5) is 4.39 Å². The number of hydrogen-bond acceptors (Lipinski definition) is 3. The molecule has 0 unspecified atom stereocenters. The fourth-order valence-corrected chi connectivity index (χ4v) is 2.31. The van der Waals surface area contributed by atoms with Crippen molar-refractivity contribution in [1.82, 2.24) is 9.97 Å². The van der Waals surface area contributed by atoms with E-state index in [9.17, 15) is 9.18 Å². The maximum Gasteiger partial charge on any atom is 0.347 e. The number of nitrogens with one attached hydrogen (secondary N) is 1. The highest BCUT2D eigenvalue weighted by Gasteiger charge is 2.30. The van der Waals surface area contributed by atoms with Crippen LogP contribution in [0.2, 0.25) is 0 Å². The molecule has 0 fully saturated rings. The van der Waals surface area contributed by atoms with Crippen LogP contribution in [0.5, 0.6) is 5.75 Å². The molecule has 5 nitrogen and oxygen atoms in total. The van der Waals surface area contributed by atoms with Gasteiger partial charge in [0.05, 0.1) is 11.0 Å². The number of carbonyl (C=O) groups is 1. The van der Waals surface area contributed by atoms with Gasteiger partial charge in [-0.3, -0.25) is 0 Å². The van der Waals surface area contributed by atoms with Crippen molar-refractivity contribution in [2.24, 2.45) is 0 Å². The largest absolute Gasteiger partial charge is 0.478 e. The van der Waals surface area contributed by atoms with Crippen molar-refractivity contribution in [3.63, 3.8) is 0 Å². The molecule has 0 radical (unpaired) electrons. The number of aromatic nitrogens is 2. The van der Waals surface area contributed by atoms with Crippen LogP contribution in [0.3, 0.4) is 0 Å². The van der Waals surface area contributed by atoms with Gasteiger partial charge in [-0.25, -0.2) is 14.2 Å². The van der Waals surface area contributed by atoms with Gasteiger partial charge in [-0.1, -0.05) is 6.07 Å². The second-order valence-corrected chi connectivity index (χ2v) is 6.17. The second-order valence-electron chi connectivity index (χ2n) is 6.17. The fraction of sp³-hybridized carbons (Fsp3) is 0.222. The van der Waals surface area contributed by atoms with Crippen LogP contribution in [0.15, 0.2) is 36.4 Å². The number of hydrogen-bond donors (Lipinski definition) is 2.